The number of rotatable bonds is 7. The topological polar surface area (TPSA) is 82.2 Å². The van der Waals surface area contributed by atoms with Gasteiger partial charge < -0.3 is 9.84 Å². The molecule has 1 aromatic carbocycles. The van der Waals surface area contributed by atoms with E-state index in [1.807, 2.05) is 36.4 Å². The summed E-state index contributed by atoms with van der Waals surface area (Å²) in [6, 6.07) is 3.11. The maximum Gasteiger partial charge on any atom is 0.350 e. The van der Waals surface area contributed by atoms with Crippen LogP contribution >= 0.6 is 45.8 Å². The van der Waals surface area contributed by atoms with E-state index < -0.39 is 11.5 Å². The fourth-order valence-corrected chi connectivity index (χ4v) is 4.20. The number of aliphatic hydroxyl groups is 1. The Morgan fingerprint density at radius 3 is 2.50 bits per heavy atom. The smallest absolute Gasteiger partial charge is 0.350 e. The Bertz CT molecular complexity index is 1220. The first-order valence-electron chi connectivity index (χ1n) is 9.64. The van der Waals surface area contributed by atoms with E-state index in [1.54, 1.807) is 19.1 Å². The summed E-state index contributed by atoms with van der Waals surface area (Å²) in [6.07, 6.45) is 3.70. The van der Waals surface area contributed by atoms with Crippen molar-refractivity contribution in [3.05, 3.63) is 65.6 Å². The average molecular weight is 593 g/mol. The van der Waals surface area contributed by atoms with Gasteiger partial charge in [-0.05, 0) is 55.5 Å². The molecule has 0 bridgehead atoms. The highest BCUT2D eigenvalue weighted by atomic mass is 127. The molecule has 0 fully saturated rings. The fourth-order valence-electron chi connectivity index (χ4n) is 3.04. The second-order valence-electron chi connectivity index (χ2n) is 6.99. The normalized spacial score (nSPS) is 12.0. The Morgan fingerprint density at radius 2 is 1.97 bits per heavy atom. The van der Waals surface area contributed by atoms with Crippen LogP contribution in [0.4, 0.5) is 4.39 Å². The van der Waals surface area contributed by atoms with E-state index in [4.69, 9.17) is 27.9 Å². The molecular weight excluding hydrogens is 573 g/mol. The van der Waals surface area contributed by atoms with Crippen LogP contribution in [0.5, 0.6) is 5.75 Å². The Labute approximate surface area is 207 Å². The summed E-state index contributed by atoms with van der Waals surface area (Å²) in [7, 11) is 0. The van der Waals surface area contributed by atoms with Crippen LogP contribution in [0.1, 0.15) is 37.7 Å². The van der Waals surface area contributed by atoms with Gasteiger partial charge in [-0.1, -0.05) is 23.2 Å². The fraction of sp³-hybridized carbons (Fsp3) is 0.286. The molecule has 32 heavy (non-hydrogen) atoms. The minimum atomic E-state index is -0.623. The molecule has 0 spiro atoms. The van der Waals surface area contributed by atoms with Crippen LogP contribution in [0, 0.1) is 3.57 Å². The maximum atomic E-state index is 15.4. The quantitative estimate of drug-likeness (QED) is 0.386. The van der Waals surface area contributed by atoms with E-state index >= 15 is 4.39 Å². The summed E-state index contributed by atoms with van der Waals surface area (Å²) in [6.45, 7) is 5.36. The summed E-state index contributed by atoms with van der Waals surface area (Å²) < 4.78 is 24.3. The number of hydrogen-bond donors (Lipinski definition) is 1. The number of hydrogen-bond acceptors (Lipinski definition) is 5. The third-order valence-corrected chi connectivity index (χ3v) is 5.92. The third kappa shape index (κ3) is 5.00. The molecule has 0 aliphatic rings. The number of nitrogens with zero attached hydrogens (tertiary/aromatic N) is 4. The zero-order valence-corrected chi connectivity index (χ0v) is 21.1. The second-order valence-corrected chi connectivity index (χ2v) is 8.97. The molecule has 1 N–H and O–H groups in total. The molecule has 0 radical (unpaired) electrons. The average Bonchev–Trinajstić information content (AvgIpc) is 3.06. The lowest BCUT2D eigenvalue weighted by atomic mass is 10.1. The molecular formula is C21H20Cl2FIN4O3. The van der Waals surface area contributed by atoms with Crippen molar-refractivity contribution in [2.24, 2.45) is 0 Å². The summed E-state index contributed by atoms with van der Waals surface area (Å²) >= 11 is 14.2. The van der Waals surface area contributed by atoms with Gasteiger partial charge in [-0.3, -0.25) is 9.55 Å². The van der Waals surface area contributed by atoms with Gasteiger partial charge in [0, 0.05) is 34.1 Å². The van der Waals surface area contributed by atoms with E-state index in [0.717, 1.165) is 0 Å². The van der Waals surface area contributed by atoms with Gasteiger partial charge in [-0.2, -0.15) is 4.68 Å². The summed E-state index contributed by atoms with van der Waals surface area (Å²) in [5.74, 6) is -0.173. The van der Waals surface area contributed by atoms with Gasteiger partial charge in [-0.15, -0.1) is 5.10 Å². The molecule has 170 valence electrons. The van der Waals surface area contributed by atoms with E-state index in [1.165, 1.54) is 27.7 Å². The molecule has 0 saturated heterocycles. The van der Waals surface area contributed by atoms with Crippen molar-refractivity contribution < 1.29 is 14.2 Å². The van der Waals surface area contributed by atoms with Gasteiger partial charge in [0.25, 0.3) is 0 Å². The van der Waals surface area contributed by atoms with Crippen molar-refractivity contribution in [1.82, 2.24) is 19.3 Å². The van der Waals surface area contributed by atoms with Gasteiger partial charge in [0.15, 0.2) is 5.82 Å². The zero-order valence-electron chi connectivity index (χ0n) is 17.4. The monoisotopic (exact) mass is 592 g/mol. The molecule has 0 saturated carbocycles. The van der Waals surface area contributed by atoms with E-state index in [2.05, 4.69) is 10.1 Å². The lowest BCUT2D eigenvalue weighted by molar-refractivity contribution is 0.241. The van der Waals surface area contributed by atoms with Crippen LogP contribution in [0.2, 0.25) is 10.0 Å². The van der Waals surface area contributed by atoms with Gasteiger partial charge in [0.2, 0.25) is 0 Å². The summed E-state index contributed by atoms with van der Waals surface area (Å²) in [5.41, 5.74) is 0.454. The molecule has 0 aliphatic carbocycles. The number of aromatic nitrogens is 4. The van der Waals surface area contributed by atoms with Crippen molar-refractivity contribution in [3.8, 4) is 11.4 Å². The SMILES string of the molecule is CCn1c(CO)nn(-c2cc(OC(C)C)c(/C(F)=C/c3c(Cl)cncc3Cl)cc2I)c1=O. The van der Waals surface area contributed by atoms with Gasteiger partial charge in [-0.25, -0.2) is 9.18 Å². The predicted molar refractivity (Wildman–Crippen MR) is 131 cm³/mol. The Hall–Kier alpha value is -1.95. The zero-order chi connectivity index (χ0) is 23.6. The maximum absolute atomic E-state index is 15.4. The van der Waals surface area contributed by atoms with E-state index in [9.17, 15) is 9.90 Å². The van der Waals surface area contributed by atoms with E-state index in [-0.39, 0.29) is 39.9 Å². The van der Waals surface area contributed by atoms with Gasteiger partial charge in [0.1, 0.15) is 18.2 Å². The number of pyridine rings is 1. The van der Waals surface area contributed by atoms with Crippen molar-refractivity contribution in [2.45, 2.75) is 40.0 Å². The molecule has 3 aromatic rings. The lowest BCUT2D eigenvalue weighted by Gasteiger charge is -2.16. The highest BCUT2D eigenvalue weighted by Crippen LogP contribution is 2.36. The Kier molecular flexibility index (Phi) is 7.97. The van der Waals surface area contributed by atoms with Crippen LogP contribution in [-0.2, 0) is 13.2 Å². The van der Waals surface area contributed by atoms with Crippen molar-refractivity contribution >= 4 is 57.7 Å². The first-order chi connectivity index (χ1) is 15.2. The molecule has 2 aromatic heterocycles. The number of aliphatic hydroxyl groups excluding tert-OH is 1. The van der Waals surface area contributed by atoms with Crippen LogP contribution in [0.25, 0.3) is 17.6 Å². The molecule has 11 heteroatoms. The standard InChI is InChI=1S/C21H20Cl2FIN4O3/c1-4-28-20(10-30)27-29(21(28)31)18-7-19(32-11(2)3)13(6-17(18)25)16(24)5-12-14(22)8-26-9-15(12)23/h5-9,11,30H,4,10H2,1-3H3/b16-5-. The first-order valence-corrected chi connectivity index (χ1v) is 11.5. The summed E-state index contributed by atoms with van der Waals surface area (Å²) in [5, 5.41) is 14.2. The molecule has 3 rings (SSSR count). The predicted octanol–water partition coefficient (Wildman–Crippen LogP) is 5.11. The highest BCUT2D eigenvalue weighted by molar-refractivity contribution is 14.1. The lowest BCUT2D eigenvalue weighted by Crippen LogP contribution is -2.24. The van der Waals surface area contributed by atoms with Crippen LogP contribution < -0.4 is 10.4 Å². The minimum Gasteiger partial charge on any atom is -0.490 e. The van der Waals surface area contributed by atoms with Crippen molar-refractivity contribution in [3.63, 3.8) is 0 Å². The molecule has 0 unspecified atom stereocenters. The molecule has 7 nitrogen and oxygen atoms in total. The third-order valence-electron chi connectivity index (χ3n) is 4.46. The number of ether oxygens (including phenoxy) is 1. The van der Waals surface area contributed by atoms with Crippen LogP contribution in [0.3, 0.4) is 0 Å². The molecule has 0 atom stereocenters. The Balaban J connectivity index is 2.20. The van der Waals surface area contributed by atoms with Crippen molar-refractivity contribution in [1.29, 1.82) is 0 Å². The number of benzene rings is 1. The largest absolute Gasteiger partial charge is 0.490 e. The van der Waals surface area contributed by atoms with E-state index in [0.29, 0.717) is 21.4 Å². The Morgan fingerprint density at radius 1 is 1.31 bits per heavy atom. The van der Waals surface area contributed by atoms with Crippen LogP contribution in [0.15, 0.2) is 29.3 Å². The molecule has 0 amide bonds. The molecule has 0 aliphatic heterocycles. The summed E-state index contributed by atoms with van der Waals surface area (Å²) in [4.78, 5) is 16.7. The van der Waals surface area contributed by atoms with Gasteiger partial charge >= 0.3 is 5.69 Å². The van der Waals surface area contributed by atoms with Gasteiger partial charge in [0.05, 0.1) is 27.4 Å². The minimum absolute atomic E-state index is 0.168. The first kappa shape index (κ1) is 24.7. The molecule has 2 heterocycles. The highest BCUT2D eigenvalue weighted by Gasteiger charge is 2.20. The second kappa shape index (κ2) is 10.3. The van der Waals surface area contributed by atoms with Crippen LogP contribution in [-0.4, -0.2) is 30.5 Å². The van der Waals surface area contributed by atoms with Crippen molar-refractivity contribution in [2.75, 3.05) is 0 Å². The number of halogens is 4.